The molecule has 0 aliphatic heterocycles. The third-order valence-electron chi connectivity index (χ3n) is 13.9. The zero-order chi connectivity index (χ0) is 56.6. The molecule has 0 fully saturated rings. The third kappa shape index (κ3) is 11.3. The lowest BCUT2D eigenvalue weighted by Gasteiger charge is -2.18. The fourth-order valence-electron chi connectivity index (χ4n) is 10.2. The number of likely N-dealkylation sites (N-methyl/N-ethyl adjacent to an activating group) is 2. The van der Waals surface area contributed by atoms with Crippen molar-refractivity contribution in [3.63, 3.8) is 0 Å². The minimum absolute atomic E-state index is 0.215. The molecular formula is C60H60F2N20. The van der Waals surface area contributed by atoms with Gasteiger partial charge in [0.1, 0.15) is 23.0 Å². The molecular weight excluding hydrogens is 1040 g/mol. The van der Waals surface area contributed by atoms with Crippen molar-refractivity contribution in [2.45, 2.75) is 33.1 Å². The monoisotopic (exact) mass is 1100 g/mol. The van der Waals surface area contributed by atoms with Crippen LogP contribution in [0.1, 0.15) is 19.4 Å². The lowest BCUT2D eigenvalue weighted by Crippen LogP contribution is -2.28. The normalized spacial score (nSPS) is 12.0. The molecule has 0 saturated carbocycles. The van der Waals surface area contributed by atoms with Crippen LogP contribution in [0.2, 0.25) is 0 Å². The van der Waals surface area contributed by atoms with Crippen molar-refractivity contribution in [3.05, 3.63) is 140 Å². The van der Waals surface area contributed by atoms with Crippen molar-refractivity contribution < 1.29 is 8.78 Å². The predicted molar refractivity (Wildman–Crippen MR) is 319 cm³/mol. The Hall–Kier alpha value is -9.64. The number of hydrogen-bond donors (Lipinski definition) is 6. The summed E-state index contributed by atoms with van der Waals surface area (Å²) in [4.78, 5) is 51.0. The summed E-state index contributed by atoms with van der Waals surface area (Å²) in [6.45, 7) is 7.73. The van der Waals surface area contributed by atoms with Gasteiger partial charge in [-0.3, -0.25) is 29.9 Å². The average Bonchev–Trinajstić information content (AvgIpc) is 4.47. The molecule has 0 aliphatic carbocycles. The Morgan fingerprint density at radius 3 is 1.77 bits per heavy atom. The Kier molecular flexibility index (Phi) is 14.5. The number of fused-ring (bicyclic) bond motifs is 4. The molecule has 0 amide bonds. The summed E-state index contributed by atoms with van der Waals surface area (Å²) in [5.74, 6) is 0.233. The number of aromatic amines is 3. The van der Waals surface area contributed by atoms with Crippen molar-refractivity contribution in [1.82, 2.24) is 84.5 Å². The van der Waals surface area contributed by atoms with E-state index < -0.39 is 5.82 Å². The molecule has 10 heterocycles. The molecule has 0 spiro atoms. The van der Waals surface area contributed by atoms with Gasteiger partial charge in [0.15, 0.2) is 22.9 Å². The van der Waals surface area contributed by atoms with Crippen LogP contribution in [0.25, 0.3) is 112 Å². The molecule has 0 atom stereocenters. The number of nitrogens with zero attached hydrogens (tertiary/aromatic N) is 14. The maximum Gasteiger partial charge on any atom is 0.159 e. The van der Waals surface area contributed by atoms with Crippen molar-refractivity contribution in [1.29, 1.82) is 0 Å². The number of pyridine rings is 6. The lowest BCUT2D eigenvalue weighted by molar-refractivity contribution is 0.268. The van der Waals surface area contributed by atoms with E-state index in [0.29, 0.717) is 116 Å². The summed E-state index contributed by atoms with van der Waals surface area (Å²) in [6.07, 6.45) is 17.8. The average molecular weight is 1100 g/mol. The molecule has 6 N–H and O–H groups in total. The van der Waals surface area contributed by atoms with E-state index in [1.165, 1.54) is 24.3 Å². The molecule has 20 nitrogen and oxygen atoms in total. The van der Waals surface area contributed by atoms with Crippen LogP contribution in [-0.2, 0) is 13.2 Å². The van der Waals surface area contributed by atoms with Crippen LogP contribution < -0.4 is 16.0 Å². The highest BCUT2D eigenvalue weighted by molar-refractivity contribution is 5.99. The summed E-state index contributed by atoms with van der Waals surface area (Å²) in [6, 6.07) is 18.2. The maximum absolute atomic E-state index is 15.6. The second-order valence-corrected chi connectivity index (χ2v) is 21.4. The highest BCUT2D eigenvalue weighted by atomic mass is 19.1. The number of nitrogens with one attached hydrogen (secondary N) is 6. The molecule has 414 valence electrons. The summed E-state index contributed by atoms with van der Waals surface area (Å²) in [5, 5.41) is 24.6. The smallest absolute Gasteiger partial charge is 0.159 e. The van der Waals surface area contributed by atoms with Crippen molar-refractivity contribution in [2.24, 2.45) is 0 Å². The van der Waals surface area contributed by atoms with E-state index in [1.54, 1.807) is 37.2 Å². The Labute approximate surface area is 470 Å². The number of benzene rings is 2. The highest BCUT2D eigenvalue weighted by Gasteiger charge is 2.22. The largest absolute Gasteiger partial charge is 0.384 e. The van der Waals surface area contributed by atoms with Gasteiger partial charge < -0.3 is 35.7 Å². The zero-order valence-electron chi connectivity index (χ0n) is 46.4. The van der Waals surface area contributed by atoms with Crippen LogP contribution in [0.15, 0.2) is 123 Å². The Morgan fingerprint density at radius 2 is 1.12 bits per heavy atom. The minimum atomic E-state index is -0.413. The quantitative estimate of drug-likeness (QED) is 0.0417. The maximum atomic E-state index is 15.6. The first-order valence-corrected chi connectivity index (χ1v) is 26.9. The predicted octanol–water partition coefficient (Wildman–Crippen LogP) is 10.2. The number of anilines is 3. The van der Waals surface area contributed by atoms with Crippen LogP contribution in [0.4, 0.5) is 25.8 Å². The van der Waals surface area contributed by atoms with Gasteiger partial charge in [0, 0.05) is 133 Å². The molecule has 82 heavy (non-hydrogen) atoms. The zero-order valence-corrected chi connectivity index (χ0v) is 46.4. The van der Waals surface area contributed by atoms with Crippen LogP contribution in [0.5, 0.6) is 0 Å². The number of imidazole rings is 2. The van der Waals surface area contributed by atoms with Gasteiger partial charge in [0.25, 0.3) is 0 Å². The molecule has 12 rings (SSSR count). The van der Waals surface area contributed by atoms with Gasteiger partial charge in [-0.2, -0.15) is 10.2 Å². The molecule has 0 saturated heterocycles. The Morgan fingerprint density at radius 1 is 0.549 bits per heavy atom. The number of hydrogen-bond acceptors (Lipinski definition) is 16. The molecule has 0 unspecified atom stereocenters. The van der Waals surface area contributed by atoms with E-state index in [2.05, 4.69) is 108 Å². The first kappa shape index (κ1) is 53.0. The summed E-state index contributed by atoms with van der Waals surface area (Å²) < 4.78 is 32.7. The molecule has 2 aromatic carbocycles. The third-order valence-corrected chi connectivity index (χ3v) is 13.9. The van der Waals surface area contributed by atoms with E-state index in [4.69, 9.17) is 20.1 Å². The van der Waals surface area contributed by atoms with Crippen molar-refractivity contribution in [2.75, 3.05) is 77.4 Å². The van der Waals surface area contributed by atoms with Gasteiger partial charge in [-0.1, -0.05) is 0 Å². The van der Waals surface area contributed by atoms with Gasteiger partial charge in [0.05, 0.1) is 57.6 Å². The van der Waals surface area contributed by atoms with Crippen molar-refractivity contribution in [3.8, 4) is 67.5 Å². The fourth-order valence-corrected chi connectivity index (χ4v) is 10.2. The van der Waals surface area contributed by atoms with Crippen molar-refractivity contribution >= 4 is 61.2 Å². The van der Waals surface area contributed by atoms with E-state index in [-0.39, 0.29) is 11.9 Å². The molecule has 22 heteroatoms. The standard InChI is InChI=1S/C60H60F2N20/c1-34(2)71-46-17-39(24-64-27-46)41-19-48-56(59-73-52-31-66-29-50(54(52)75-59)36-13-42(61)20-44(15-36)67-8-10-79(3)4)78-82(60(48)70-26-41)33-81(7)11-9-68-45-16-37(14-43(62)21-45)49-28-65-30-51-53(49)74-58(72-51)55-47-18-40(25-69-57(47)77-76-55)38-12-35(22-63-23-38)32-80(5)6/h12-31,34,67-68,71H,8-11,32-33H2,1-7H3,(H,72,74)(H,73,75)(H,69,76,77). The first-order chi connectivity index (χ1) is 39.7. The highest BCUT2D eigenvalue weighted by Crippen LogP contribution is 2.37. The first-order valence-electron chi connectivity index (χ1n) is 26.9. The van der Waals surface area contributed by atoms with Gasteiger partial charge in [-0.25, -0.2) is 33.4 Å². The van der Waals surface area contributed by atoms with Crippen LogP contribution >= 0.6 is 0 Å². The molecule has 0 radical (unpaired) electrons. The van der Waals surface area contributed by atoms with Gasteiger partial charge in [-0.05, 0) is 126 Å². The van der Waals surface area contributed by atoms with Gasteiger partial charge in [0.2, 0.25) is 0 Å². The summed E-state index contributed by atoms with van der Waals surface area (Å²) in [7, 11) is 10.0. The van der Waals surface area contributed by atoms with E-state index in [1.807, 2.05) is 82.9 Å². The molecule has 0 bridgehead atoms. The second-order valence-electron chi connectivity index (χ2n) is 21.4. The lowest BCUT2D eigenvalue weighted by atomic mass is 10.1. The number of aromatic nitrogens is 14. The topological polar surface area (TPSA) is 227 Å². The summed E-state index contributed by atoms with van der Waals surface area (Å²) in [5.41, 5.74) is 14.4. The molecule has 12 aromatic rings. The molecule has 0 aliphatic rings. The number of rotatable bonds is 20. The van der Waals surface area contributed by atoms with Crippen LogP contribution in [0, 0.1) is 11.6 Å². The van der Waals surface area contributed by atoms with Gasteiger partial charge in [-0.15, -0.1) is 0 Å². The summed E-state index contributed by atoms with van der Waals surface area (Å²) >= 11 is 0. The minimum Gasteiger partial charge on any atom is -0.384 e. The number of halogens is 2. The van der Waals surface area contributed by atoms with Gasteiger partial charge >= 0.3 is 0 Å². The van der Waals surface area contributed by atoms with Crippen LogP contribution in [0.3, 0.4) is 0 Å². The second kappa shape index (κ2) is 22.5. The van der Waals surface area contributed by atoms with E-state index in [9.17, 15) is 0 Å². The van der Waals surface area contributed by atoms with E-state index in [0.717, 1.165) is 57.4 Å². The number of H-pyrrole nitrogens is 3. The Bertz CT molecular complexity index is 4290. The SMILES string of the molecule is CC(C)Nc1cncc(-c2cnc3c(c2)c(-c2nc4c(-c5cc(F)cc(NCCN(C)C)c5)cncc4[nH]2)nn3CN(C)CCNc2cc(F)cc(-c3cncc4[nH]c(-c5n[nH]c6ncc(-c7cncc(CN(C)C)c7)cc56)nc34)c2)c1. The fraction of sp³-hybridized carbons (Fsp3) is 0.233. The Balaban J connectivity index is 0.799. The molecule has 10 aromatic heterocycles. The van der Waals surface area contributed by atoms with E-state index >= 15 is 8.78 Å². The van der Waals surface area contributed by atoms with Crippen LogP contribution in [-0.4, -0.2) is 152 Å².